The van der Waals surface area contributed by atoms with Crippen LogP contribution in [0.1, 0.15) is 11.4 Å². The minimum Gasteiger partial charge on any atom is -0.376 e. The molecule has 1 aromatic rings. The van der Waals surface area contributed by atoms with Crippen LogP contribution in [-0.4, -0.2) is 14.9 Å². The predicted molar refractivity (Wildman–Crippen MR) is 51.1 cm³/mol. The molecule has 0 spiro atoms. The molecule has 0 aliphatic heterocycles. The molecule has 0 saturated heterocycles. The van der Waals surface area contributed by atoms with Gasteiger partial charge in [0.2, 0.25) is 0 Å². The number of hydrogen-bond donors (Lipinski definition) is 3. The Morgan fingerprint density at radius 3 is 2.43 bits per heavy atom. The van der Waals surface area contributed by atoms with Crippen molar-refractivity contribution >= 4 is 23.5 Å². The molecule has 14 heavy (non-hydrogen) atoms. The van der Waals surface area contributed by atoms with Crippen molar-refractivity contribution < 1.29 is 23.8 Å². The van der Waals surface area contributed by atoms with Gasteiger partial charge in [0.05, 0.1) is 0 Å². The third-order valence-corrected chi connectivity index (χ3v) is 2.97. The highest BCUT2D eigenvalue weighted by Crippen LogP contribution is 2.50. The van der Waals surface area contributed by atoms with Gasteiger partial charge in [0.1, 0.15) is 5.82 Å². The molecule has 0 aromatic heterocycles. The second-order valence-corrected chi connectivity index (χ2v) is 5.21. The Kier molecular flexibility index (Phi) is 3.44. The molecule has 4 nitrogen and oxygen atoms in total. The average Bonchev–Trinajstić information content (AvgIpc) is 2.01. The Balaban J connectivity index is 3.14. The Bertz CT molecular complexity index is 391. The highest BCUT2D eigenvalue weighted by atomic mass is 79.9. The van der Waals surface area contributed by atoms with Crippen molar-refractivity contribution in [1.82, 2.24) is 0 Å². The van der Waals surface area contributed by atoms with E-state index in [1.165, 1.54) is 6.07 Å². The van der Waals surface area contributed by atoms with Crippen molar-refractivity contribution in [3.05, 3.63) is 34.1 Å². The summed E-state index contributed by atoms with van der Waals surface area (Å²) in [6, 6.07) is 3.52. The number of halogens is 2. The molecule has 0 aliphatic rings. The van der Waals surface area contributed by atoms with E-state index in [1.54, 1.807) is 0 Å². The molecule has 1 atom stereocenters. The second kappa shape index (κ2) is 4.08. The lowest BCUT2D eigenvalue weighted by Crippen LogP contribution is -2.01. The van der Waals surface area contributed by atoms with Gasteiger partial charge < -0.3 is 14.9 Å². The van der Waals surface area contributed by atoms with E-state index >= 15 is 0 Å². The lowest BCUT2D eigenvalue weighted by Gasteiger charge is -2.13. The highest BCUT2D eigenvalue weighted by Gasteiger charge is 2.30. The first-order chi connectivity index (χ1) is 6.32. The molecule has 0 radical (unpaired) electrons. The molecule has 0 aliphatic carbocycles. The van der Waals surface area contributed by atoms with Gasteiger partial charge in [-0.1, -0.05) is 22.0 Å². The van der Waals surface area contributed by atoms with E-state index in [2.05, 4.69) is 15.9 Å². The number of hydrogen-bond acceptors (Lipinski definition) is 2. The number of aliphatic hydroxyl groups is 1. The summed E-state index contributed by atoms with van der Waals surface area (Å²) in [7, 11) is -4.72. The third kappa shape index (κ3) is 2.62. The van der Waals surface area contributed by atoms with E-state index < -0.39 is 24.8 Å². The van der Waals surface area contributed by atoms with Crippen LogP contribution >= 0.6 is 23.5 Å². The van der Waals surface area contributed by atoms with Gasteiger partial charge in [-0.2, -0.15) is 0 Å². The highest BCUT2D eigenvalue weighted by molar-refractivity contribution is 9.10. The molecule has 3 N–H and O–H groups in total. The van der Waals surface area contributed by atoms with Gasteiger partial charge in [-0.05, 0) is 12.1 Å². The fourth-order valence-corrected chi connectivity index (χ4v) is 1.80. The Morgan fingerprint density at radius 1 is 1.43 bits per heavy atom. The zero-order chi connectivity index (χ0) is 10.9. The topological polar surface area (TPSA) is 77.8 Å². The van der Waals surface area contributed by atoms with Crippen LogP contribution in [0.4, 0.5) is 4.39 Å². The molecule has 1 aromatic carbocycles. The van der Waals surface area contributed by atoms with Gasteiger partial charge in [-0.25, -0.2) is 4.39 Å². The van der Waals surface area contributed by atoms with Crippen molar-refractivity contribution in [3.63, 3.8) is 0 Å². The van der Waals surface area contributed by atoms with Crippen LogP contribution in [0.25, 0.3) is 0 Å². The molecule has 1 rings (SSSR count). The number of rotatable bonds is 2. The molecule has 0 fully saturated rings. The molecule has 0 bridgehead atoms. The van der Waals surface area contributed by atoms with Crippen LogP contribution in [0.15, 0.2) is 22.7 Å². The predicted octanol–water partition coefficient (Wildman–Crippen LogP) is 1.76. The zero-order valence-corrected chi connectivity index (χ0v) is 9.24. The molecular weight excluding hydrogens is 278 g/mol. The van der Waals surface area contributed by atoms with E-state index in [9.17, 15) is 8.96 Å². The molecule has 0 saturated carbocycles. The van der Waals surface area contributed by atoms with E-state index in [4.69, 9.17) is 14.9 Å². The summed E-state index contributed by atoms with van der Waals surface area (Å²) in [5.41, 5.74) is -0.415. The maximum atomic E-state index is 13.1. The van der Waals surface area contributed by atoms with Crippen molar-refractivity contribution in [2.24, 2.45) is 0 Å². The van der Waals surface area contributed by atoms with Crippen LogP contribution < -0.4 is 0 Å². The molecule has 1 unspecified atom stereocenters. The smallest absolute Gasteiger partial charge is 0.358 e. The summed E-state index contributed by atoms with van der Waals surface area (Å²) in [5.74, 6) is -2.98. The summed E-state index contributed by atoms with van der Waals surface area (Å²) < 4.78 is 24.2. The molecular formula is C7H7BrFO4P. The molecule has 0 heterocycles. The minimum absolute atomic E-state index is 0.415. The average molecular weight is 285 g/mol. The summed E-state index contributed by atoms with van der Waals surface area (Å²) in [6.07, 6.45) is 0. The van der Waals surface area contributed by atoms with Crippen LogP contribution in [0.5, 0.6) is 0 Å². The van der Waals surface area contributed by atoms with Gasteiger partial charge in [0, 0.05) is 10.0 Å². The maximum Gasteiger partial charge on any atom is 0.358 e. The first-order valence-corrected chi connectivity index (χ1v) is 5.98. The first kappa shape index (κ1) is 11.8. The SMILES string of the molecule is O=P(O)(O)C(O)c1ccc(Br)cc1F. The van der Waals surface area contributed by atoms with Gasteiger partial charge in [-0.15, -0.1) is 0 Å². The van der Waals surface area contributed by atoms with Gasteiger partial charge in [-0.3, -0.25) is 4.57 Å². The Labute approximate surface area is 87.7 Å². The van der Waals surface area contributed by atoms with Crippen LogP contribution in [-0.2, 0) is 4.57 Å². The second-order valence-electron chi connectivity index (χ2n) is 2.63. The van der Waals surface area contributed by atoms with Crippen molar-refractivity contribution in [2.75, 3.05) is 0 Å². The van der Waals surface area contributed by atoms with Crippen LogP contribution in [0.3, 0.4) is 0 Å². The van der Waals surface area contributed by atoms with Gasteiger partial charge in [0.15, 0.2) is 5.85 Å². The van der Waals surface area contributed by atoms with Crippen molar-refractivity contribution in [2.45, 2.75) is 5.85 Å². The fraction of sp³-hybridized carbons (Fsp3) is 0.143. The lowest BCUT2D eigenvalue weighted by atomic mass is 10.2. The normalized spacial score (nSPS) is 14.1. The van der Waals surface area contributed by atoms with Crippen molar-refractivity contribution in [1.29, 1.82) is 0 Å². The lowest BCUT2D eigenvalue weighted by molar-refractivity contribution is 0.201. The standard InChI is InChI=1S/C7H7BrFO4P/c8-4-1-2-5(6(9)3-4)7(10)14(11,12)13/h1-3,7,10H,(H2,11,12,13). The number of benzene rings is 1. The molecule has 0 amide bonds. The van der Waals surface area contributed by atoms with Gasteiger partial charge in [0.25, 0.3) is 0 Å². The fourth-order valence-electron chi connectivity index (χ4n) is 0.892. The summed E-state index contributed by atoms with van der Waals surface area (Å²) in [5, 5.41) is 9.11. The summed E-state index contributed by atoms with van der Waals surface area (Å²) in [6.45, 7) is 0. The summed E-state index contributed by atoms with van der Waals surface area (Å²) in [4.78, 5) is 17.2. The molecule has 78 valence electrons. The van der Waals surface area contributed by atoms with Crippen LogP contribution in [0.2, 0.25) is 0 Å². The van der Waals surface area contributed by atoms with Crippen molar-refractivity contribution in [3.8, 4) is 0 Å². The van der Waals surface area contributed by atoms with E-state index in [0.29, 0.717) is 4.47 Å². The maximum absolute atomic E-state index is 13.1. The first-order valence-electron chi connectivity index (χ1n) is 3.50. The minimum atomic E-state index is -4.72. The monoisotopic (exact) mass is 284 g/mol. The van der Waals surface area contributed by atoms with E-state index in [-0.39, 0.29) is 0 Å². The van der Waals surface area contributed by atoms with E-state index in [0.717, 1.165) is 12.1 Å². The number of aliphatic hydroxyl groups excluding tert-OH is 1. The zero-order valence-electron chi connectivity index (χ0n) is 6.76. The Hall–Kier alpha value is -0.260. The molecule has 7 heteroatoms. The quantitative estimate of drug-likeness (QED) is 0.723. The van der Waals surface area contributed by atoms with Crippen LogP contribution in [0, 0.1) is 5.82 Å². The van der Waals surface area contributed by atoms with Gasteiger partial charge >= 0.3 is 7.60 Å². The largest absolute Gasteiger partial charge is 0.376 e. The summed E-state index contributed by atoms with van der Waals surface area (Å²) >= 11 is 2.98. The van der Waals surface area contributed by atoms with E-state index in [1.807, 2.05) is 0 Å². The third-order valence-electron chi connectivity index (χ3n) is 1.56. The Morgan fingerprint density at radius 2 is 2.00 bits per heavy atom.